The predicted octanol–water partition coefficient (Wildman–Crippen LogP) is 6.68. The highest BCUT2D eigenvalue weighted by Gasteiger charge is 2.37. The molecule has 3 aromatic rings. The molecule has 2 atom stereocenters. The van der Waals surface area contributed by atoms with E-state index in [-0.39, 0.29) is 17.7 Å². The number of rotatable bonds is 10. The molecule has 0 saturated carbocycles. The van der Waals surface area contributed by atoms with Crippen LogP contribution >= 0.6 is 0 Å². The van der Waals surface area contributed by atoms with Crippen molar-refractivity contribution in [2.75, 3.05) is 11.9 Å². The van der Waals surface area contributed by atoms with Crippen molar-refractivity contribution >= 4 is 34.4 Å². The van der Waals surface area contributed by atoms with Gasteiger partial charge >= 0.3 is 6.09 Å². The van der Waals surface area contributed by atoms with E-state index in [9.17, 15) is 14.4 Å². The van der Waals surface area contributed by atoms with E-state index in [1.54, 1.807) is 49.9 Å². The van der Waals surface area contributed by atoms with E-state index < -0.39 is 23.8 Å². The van der Waals surface area contributed by atoms with Crippen LogP contribution in [0.3, 0.4) is 0 Å². The summed E-state index contributed by atoms with van der Waals surface area (Å²) in [6.45, 7) is 11.3. The maximum Gasteiger partial charge on any atom is 0.408 e. The van der Waals surface area contributed by atoms with Crippen molar-refractivity contribution < 1.29 is 19.1 Å². The molecule has 2 unspecified atom stereocenters. The Kier molecular flexibility index (Phi) is 10.5. The van der Waals surface area contributed by atoms with Gasteiger partial charge < -0.3 is 20.3 Å². The van der Waals surface area contributed by atoms with Crippen LogP contribution in [0.1, 0.15) is 71.6 Å². The number of carbonyl (C=O) groups excluding carboxylic acids is 3. The van der Waals surface area contributed by atoms with Crippen LogP contribution in [0.15, 0.2) is 66.7 Å². The Bertz CT molecular complexity index is 1400. The van der Waals surface area contributed by atoms with Crippen molar-refractivity contribution in [3.05, 3.63) is 77.9 Å². The lowest BCUT2D eigenvalue weighted by atomic mass is 9.97. The van der Waals surface area contributed by atoms with Gasteiger partial charge in [0.05, 0.1) is 0 Å². The molecular weight excluding hydrogens is 514 g/mol. The Morgan fingerprint density at radius 2 is 1.63 bits per heavy atom. The second kappa shape index (κ2) is 13.8. The minimum Gasteiger partial charge on any atom is -0.444 e. The lowest BCUT2D eigenvalue weighted by Gasteiger charge is -2.35. The third kappa shape index (κ3) is 8.59. The second-order valence-corrected chi connectivity index (χ2v) is 11.5. The van der Waals surface area contributed by atoms with E-state index in [1.165, 1.54) is 0 Å². The summed E-state index contributed by atoms with van der Waals surface area (Å²) in [5.74, 6) is 1.61. The molecule has 3 aromatic carbocycles. The average molecular weight is 556 g/mol. The molecule has 0 bridgehead atoms. The van der Waals surface area contributed by atoms with Gasteiger partial charge in [0.2, 0.25) is 5.91 Å². The molecule has 2 N–H and O–H groups in total. The molecule has 216 valence electrons. The van der Waals surface area contributed by atoms with Gasteiger partial charge in [-0.05, 0) is 73.7 Å². The average Bonchev–Trinajstić information content (AvgIpc) is 2.92. The number of hydrogen-bond donors (Lipinski definition) is 2. The normalized spacial score (nSPS) is 12.7. The third-order valence-electron chi connectivity index (χ3n) is 6.61. The zero-order valence-electron chi connectivity index (χ0n) is 24.9. The number of terminal acetylenes is 1. The molecule has 0 heterocycles. The first-order valence-electron chi connectivity index (χ1n) is 14.1. The Morgan fingerprint density at radius 1 is 0.976 bits per heavy atom. The molecule has 0 aliphatic heterocycles. The number of benzene rings is 3. The Hall–Kier alpha value is -4.31. The largest absolute Gasteiger partial charge is 0.444 e. The fourth-order valence-electron chi connectivity index (χ4n) is 4.53. The Labute approximate surface area is 243 Å². The van der Waals surface area contributed by atoms with Gasteiger partial charge in [0.1, 0.15) is 17.7 Å². The number of amides is 3. The summed E-state index contributed by atoms with van der Waals surface area (Å²) in [5.41, 5.74) is 1.18. The minimum atomic E-state index is -0.964. The van der Waals surface area contributed by atoms with Gasteiger partial charge in [0, 0.05) is 17.8 Å². The van der Waals surface area contributed by atoms with Crippen LogP contribution in [0, 0.1) is 18.3 Å². The first kappa shape index (κ1) is 31.2. The molecule has 3 amide bonds. The molecule has 0 aliphatic rings. The second-order valence-electron chi connectivity index (χ2n) is 11.5. The minimum absolute atomic E-state index is 0.257. The van der Waals surface area contributed by atoms with Crippen molar-refractivity contribution in [1.29, 1.82) is 0 Å². The molecule has 0 radical (unpaired) electrons. The number of hydrogen-bond acceptors (Lipinski definition) is 4. The molecule has 7 heteroatoms. The van der Waals surface area contributed by atoms with Crippen molar-refractivity contribution in [3.8, 4) is 12.3 Å². The summed E-state index contributed by atoms with van der Waals surface area (Å²) >= 11 is 0. The van der Waals surface area contributed by atoms with Gasteiger partial charge in [0.15, 0.2) is 0 Å². The molecule has 7 nitrogen and oxygen atoms in total. The van der Waals surface area contributed by atoms with E-state index in [4.69, 9.17) is 11.2 Å². The number of ether oxygens (including phenoxy) is 1. The number of nitrogens with one attached hydrogen (secondary N) is 2. The van der Waals surface area contributed by atoms with Gasteiger partial charge in [-0.25, -0.2) is 4.79 Å². The van der Waals surface area contributed by atoms with Crippen LogP contribution in [0.25, 0.3) is 10.8 Å². The standard InChI is InChI=1S/C34H41N3O4/c1-8-10-21-37(32(39)29(23(3)4)36-33(40)41-34(5,6)7)30(26-17-15-24(9-2)16-18-26)31(38)35-28-20-19-25-13-11-12-14-27(25)22-28/h2,11-20,22-23,29-30H,8,10,21H2,1,3-7H3,(H,35,38)(H,36,40). The van der Waals surface area contributed by atoms with E-state index in [0.717, 1.165) is 17.2 Å². The lowest BCUT2D eigenvalue weighted by molar-refractivity contribution is -0.141. The summed E-state index contributed by atoms with van der Waals surface area (Å²) < 4.78 is 5.44. The van der Waals surface area contributed by atoms with E-state index in [2.05, 4.69) is 16.6 Å². The van der Waals surface area contributed by atoms with Gasteiger partial charge in [-0.3, -0.25) is 9.59 Å². The zero-order chi connectivity index (χ0) is 30.2. The van der Waals surface area contributed by atoms with Crippen LogP contribution < -0.4 is 10.6 Å². The highest BCUT2D eigenvalue weighted by molar-refractivity contribution is 6.00. The molecule has 0 saturated heterocycles. The number of alkyl carbamates (subject to hydrolysis) is 1. The highest BCUT2D eigenvalue weighted by Crippen LogP contribution is 2.27. The first-order valence-corrected chi connectivity index (χ1v) is 14.1. The number of fused-ring (bicyclic) bond motifs is 1. The first-order chi connectivity index (χ1) is 19.4. The summed E-state index contributed by atoms with van der Waals surface area (Å²) in [6.07, 6.45) is 6.37. The molecule has 0 fully saturated rings. The quantitative estimate of drug-likeness (QED) is 0.273. The van der Waals surface area contributed by atoms with Gasteiger partial charge in [0.25, 0.3) is 5.91 Å². The topological polar surface area (TPSA) is 87.7 Å². The smallest absolute Gasteiger partial charge is 0.408 e. The van der Waals surface area contributed by atoms with E-state index >= 15 is 0 Å². The van der Waals surface area contributed by atoms with E-state index in [0.29, 0.717) is 29.8 Å². The van der Waals surface area contributed by atoms with Crippen LogP contribution in [0.5, 0.6) is 0 Å². The number of anilines is 1. The van der Waals surface area contributed by atoms with Crippen molar-refractivity contribution in [2.45, 2.75) is 72.1 Å². The fraction of sp³-hybridized carbons (Fsp3) is 0.382. The van der Waals surface area contributed by atoms with Gasteiger partial charge in [-0.2, -0.15) is 0 Å². The lowest BCUT2D eigenvalue weighted by Crippen LogP contribution is -2.54. The van der Waals surface area contributed by atoms with Gasteiger partial charge in [-0.15, -0.1) is 6.42 Å². The molecule has 0 aromatic heterocycles. The third-order valence-corrected chi connectivity index (χ3v) is 6.61. The maximum atomic E-state index is 14.2. The maximum absolute atomic E-state index is 14.2. The summed E-state index contributed by atoms with van der Waals surface area (Å²) in [4.78, 5) is 42.5. The van der Waals surface area contributed by atoms with Crippen molar-refractivity contribution in [3.63, 3.8) is 0 Å². The zero-order valence-corrected chi connectivity index (χ0v) is 24.9. The molecule has 0 aliphatic carbocycles. The highest BCUT2D eigenvalue weighted by atomic mass is 16.6. The molecule has 3 rings (SSSR count). The molecule has 0 spiro atoms. The number of nitrogens with zero attached hydrogens (tertiary/aromatic N) is 1. The number of unbranched alkanes of at least 4 members (excludes halogenated alkanes) is 1. The predicted molar refractivity (Wildman–Crippen MR) is 164 cm³/mol. The summed E-state index contributed by atoms with van der Waals surface area (Å²) in [6, 6.07) is 18.8. The van der Waals surface area contributed by atoms with Crippen LogP contribution in [-0.2, 0) is 14.3 Å². The van der Waals surface area contributed by atoms with Crippen molar-refractivity contribution in [1.82, 2.24) is 10.2 Å². The number of carbonyl (C=O) groups is 3. The van der Waals surface area contributed by atoms with Crippen LogP contribution in [0.4, 0.5) is 10.5 Å². The van der Waals surface area contributed by atoms with Gasteiger partial charge in [-0.1, -0.05) is 75.6 Å². The Balaban J connectivity index is 2.03. The van der Waals surface area contributed by atoms with E-state index in [1.807, 2.05) is 63.2 Å². The Morgan fingerprint density at radius 3 is 2.22 bits per heavy atom. The SMILES string of the molecule is C#Cc1ccc(C(C(=O)Nc2ccc3ccccc3c2)N(CCCC)C(=O)C(NC(=O)OC(C)(C)C)C(C)C)cc1. The fourth-order valence-corrected chi connectivity index (χ4v) is 4.53. The monoisotopic (exact) mass is 555 g/mol. The summed E-state index contributed by atoms with van der Waals surface area (Å²) in [5, 5.41) is 7.82. The summed E-state index contributed by atoms with van der Waals surface area (Å²) in [7, 11) is 0. The van der Waals surface area contributed by atoms with Crippen molar-refractivity contribution in [2.24, 2.45) is 5.92 Å². The van der Waals surface area contributed by atoms with Crippen LogP contribution in [0.2, 0.25) is 0 Å². The van der Waals surface area contributed by atoms with Crippen LogP contribution in [-0.4, -0.2) is 41.0 Å². The molecule has 41 heavy (non-hydrogen) atoms. The molecular formula is C34H41N3O4.